The molecule has 0 aromatic carbocycles. The third-order valence-electron chi connectivity index (χ3n) is 2.69. The summed E-state index contributed by atoms with van der Waals surface area (Å²) < 4.78 is 0. The number of aliphatic hydroxyl groups excluding tert-OH is 1. The van der Waals surface area contributed by atoms with Crippen LogP contribution in [0.4, 0.5) is 0 Å². The zero-order chi connectivity index (χ0) is 9.03. The fourth-order valence-electron chi connectivity index (χ4n) is 1.93. The molecule has 0 aliphatic carbocycles. The fraction of sp³-hybridized carbons (Fsp3) is 1.00. The molecule has 0 bridgehead atoms. The van der Waals surface area contributed by atoms with Gasteiger partial charge in [0, 0.05) is 31.7 Å². The van der Waals surface area contributed by atoms with Gasteiger partial charge in [0.15, 0.2) is 0 Å². The van der Waals surface area contributed by atoms with Crippen LogP contribution < -0.4 is 5.73 Å². The van der Waals surface area contributed by atoms with E-state index >= 15 is 0 Å². The number of hydrogen-bond acceptors (Lipinski definition) is 3. The summed E-state index contributed by atoms with van der Waals surface area (Å²) in [5.74, 6) is 0. The van der Waals surface area contributed by atoms with Crippen LogP contribution in [0.3, 0.4) is 0 Å². The lowest BCUT2D eigenvalue weighted by atomic mass is 9.83. The Kier molecular flexibility index (Phi) is 3.50. The summed E-state index contributed by atoms with van der Waals surface area (Å²) in [5.41, 5.74) is 5.60. The van der Waals surface area contributed by atoms with Crippen LogP contribution in [0.2, 0.25) is 0 Å². The lowest BCUT2D eigenvalue weighted by molar-refractivity contribution is 0.0482. The number of hydrogen-bond donors (Lipinski definition) is 2. The zero-order valence-electron chi connectivity index (χ0n) is 7.92. The van der Waals surface area contributed by atoms with E-state index in [9.17, 15) is 5.11 Å². The molecule has 1 aliphatic heterocycles. The van der Waals surface area contributed by atoms with E-state index < -0.39 is 0 Å². The Hall–Kier alpha value is -0.120. The molecule has 3 heteroatoms. The van der Waals surface area contributed by atoms with Crippen LogP contribution in [0.1, 0.15) is 19.8 Å². The van der Waals surface area contributed by atoms with Crippen LogP contribution in [-0.2, 0) is 0 Å². The van der Waals surface area contributed by atoms with E-state index in [0.29, 0.717) is 6.61 Å². The van der Waals surface area contributed by atoms with Gasteiger partial charge in [0.05, 0.1) is 0 Å². The second kappa shape index (κ2) is 4.21. The van der Waals surface area contributed by atoms with Crippen molar-refractivity contribution in [2.75, 3.05) is 32.8 Å². The Morgan fingerprint density at radius 2 is 2.33 bits per heavy atom. The third kappa shape index (κ3) is 2.44. The van der Waals surface area contributed by atoms with Crippen molar-refractivity contribution in [3.8, 4) is 0 Å². The van der Waals surface area contributed by atoms with Gasteiger partial charge in [0.1, 0.15) is 0 Å². The second-order valence-electron chi connectivity index (χ2n) is 4.14. The Morgan fingerprint density at radius 1 is 1.58 bits per heavy atom. The van der Waals surface area contributed by atoms with Crippen molar-refractivity contribution in [2.45, 2.75) is 19.8 Å². The highest BCUT2D eigenvalue weighted by molar-refractivity contribution is 4.82. The smallest absolute Gasteiger partial charge is 0.0497 e. The Labute approximate surface area is 74.5 Å². The quantitative estimate of drug-likeness (QED) is 0.632. The first kappa shape index (κ1) is 9.96. The average Bonchev–Trinajstić information content (AvgIpc) is 2.05. The molecular weight excluding hydrogens is 152 g/mol. The fourth-order valence-corrected chi connectivity index (χ4v) is 1.93. The van der Waals surface area contributed by atoms with Gasteiger partial charge in [-0.3, -0.25) is 0 Å². The Morgan fingerprint density at radius 3 is 2.92 bits per heavy atom. The molecule has 1 saturated heterocycles. The molecule has 0 aromatic heterocycles. The summed E-state index contributed by atoms with van der Waals surface area (Å²) in [5, 5.41) is 9.18. The molecule has 12 heavy (non-hydrogen) atoms. The number of nitrogens with zero attached hydrogens (tertiary/aromatic N) is 1. The summed E-state index contributed by atoms with van der Waals surface area (Å²) in [4.78, 5) is 2.35. The summed E-state index contributed by atoms with van der Waals surface area (Å²) in [6, 6.07) is 0. The minimum absolute atomic E-state index is 0.118. The highest BCUT2D eigenvalue weighted by atomic mass is 16.3. The van der Waals surface area contributed by atoms with Crippen molar-refractivity contribution in [2.24, 2.45) is 11.1 Å². The van der Waals surface area contributed by atoms with E-state index in [1.54, 1.807) is 0 Å². The molecule has 0 amide bonds. The number of aliphatic hydroxyl groups is 1. The highest BCUT2D eigenvalue weighted by Crippen LogP contribution is 2.28. The van der Waals surface area contributed by atoms with Gasteiger partial charge in [0.25, 0.3) is 0 Å². The molecule has 0 aromatic rings. The topological polar surface area (TPSA) is 49.5 Å². The molecular formula is C9H20N2O. The molecule has 1 heterocycles. The minimum Gasteiger partial charge on any atom is -0.396 e. The van der Waals surface area contributed by atoms with Crippen LogP contribution in [-0.4, -0.2) is 42.8 Å². The van der Waals surface area contributed by atoms with Gasteiger partial charge in [0.2, 0.25) is 0 Å². The van der Waals surface area contributed by atoms with Crippen molar-refractivity contribution in [1.82, 2.24) is 4.90 Å². The SMILES string of the molecule is CC1(CO)CCCN(CCN)C1. The molecule has 3 N–H and O–H groups in total. The zero-order valence-corrected chi connectivity index (χ0v) is 7.92. The summed E-state index contributed by atoms with van der Waals surface area (Å²) in [6.45, 7) is 6.29. The predicted molar refractivity (Wildman–Crippen MR) is 49.9 cm³/mol. The van der Waals surface area contributed by atoms with Crippen molar-refractivity contribution < 1.29 is 5.11 Å². The van der Waals surface area contributed by atoms with Crippen LogP contribution >= 0.6 is 0 Å². The van der Waals surface area contributed by atoms with Crippen LogP contribution in [0.5, 0.6) is 0 Å². The van der Waals surface area contributed by atoms with E-state index in [4.69, 9.17) is 5.73 Å². The number of rotatable bonds is 3. The minimum atomic E-state index is 0.118. The molecule has 1 unspecified atom stereocenters. The van der Waals surface area contributed by atoms with Crippen LogP contribution in [0, 0.1) is 5.41 Å². The van der Waals surface area contributed by atoms with Gasteiger partial charge in [-0.15, -0.1) is 0 Å². The van der Waals surface area contributed by atoms with Crippen LogP contribution in [0.25, 0.3) is 0 Å². The van der Waals surface area contributed by atoms with Crippen molar-refractivity contribution in [3.05, 3.63) is 0 Å². The van der Waals surface area contributed by atoms with Gasteiger partial charge < -0.3 is 15.7 Å². The van der Waals surface area contributed by atoms with Crippen molar-refractivity contribution in [3.63, 3.8) is 0 Å². The van der Waals surface area contributed by atoms with E-state index in [-0.39, 0.29) is 5.41 Å². The maximum atomic E-state index is 9.18. The molecule has 1 aliphatic rings. The summed E-state index contributed by atoms with van der Waals surface area (Å²) in [6.07, 6.45) is 2.33. The molecule has 1 rings (SSSR count). The molecule has 3 nitrogen and oxygen atoms in total. The monoisotopic (exact) mass is 172 g/mol. The van der Waals surface area contributed by atoms with E-state index in [1.807, 2.05) is 0 Å². The lowest BCUT2D eigenvalue weighted by Gasteiger charge is -2.39. The first-order valence-corrected chi connectivity index (χ1v) is 4.73. The molecule has 0 radical (unpaired) electrons. The van der Waals surface area contributed by atoms with Crippen molar-refractivity contribution >= 4 is 0 Å². The summed E-state index contributed by atoms with van der Waals surface area (Å²) in [7, 11) is 0. The van der Waals surface area contributed by atoms with E-state index in [2.05, 4.69) is 11.8 Å². The molecule has 0 spiro atoms. The molecule has 0 saturated carbocycles. The van der Waals surface area contributed by atoms with Gasteiger partial charge >= 0.3 is 0 Å². The second-order valence-corrected chi connectivity index (χ2v) is 4.14. The highest BCUT2D eigenvalue weighted by Gasteiger charge is 2.29. The first-order chi connectivity index (χ1) is 5.70. The van der Waals surface area contributed by atoms with E-state index in [1.165, 1.54) is 6.42 Å². The first-order valence-electron chi connectivity index (χ1n) is 4.73. The maximum Gasteiger partial charge on any atom is 0.0497 e. The standard InChI is InChI=1S/C9H20N2O/c1-9(8-12)3-2-5-11(7-9)6-4-10/h12H,2-8,10H2,1H3. The molecule has 72 valence electrons. The van der Waals surface area contributed by atoms with E-state index in [0.717, 1.165) is 32.6 Å². The lowest BCUT2D eigenvalue weighted by Crippen LogP contribution is -2.45. The number of nitrogens with two attached hydrogens (primary N) is 1. The van der Waals surface area contributed by atoms with Crippen molar-refractivity contribution in [1.29, 1.82) is 0 Å². The predicted octanol–water partition coefficient (Wildman–Crippen LogP) is 0.0395. The van der Waals surface area contributed by atoms with Gasteiger partial charge in [-0.05, 0) is 19.4 Å². The van der Waals surface area contributed by atoms with Gasteiger partial charge in [-0.1, -0.05) is 6.92 Å². The number of piperidine rings is 1. The van der Waals surface area contributed by atoms with Crippen LogP contribution in [0.15, 0.2) is 0 Å². The Bertz CT molecular complexity index is 138. The van der Waals surface area contributed by atoms with Gasteiger partial charge in [-0.2, -0.15) is 0 Å². The largest absolute Gasteiger partial charge is 0.396 e. The average molecular weight is 172 g/mol. The number of likely N-dealkylation sites (tertiary alicyclic amines) is 1. The maximum absolute atomic E-state index is 9.18. The molecule has 1 atom stereocenters. The third-order valence-corrected chi connectivity index (χ3v) is 2.69. The molecule has 1 fully saturated rings. The normalized spacial score (nSPS) is 32.2. The van der Waals surface area contributed by atoms with Gasteiger partial charge in [-0.25, -0.2) is 0 Å². The summed E-state index contributed by atoms with van der Waals surface area (Å²) >= 11 is 0. The Balaban J connectivity index is 2.39.